The summed E-state index contributed by atoms with van der Waals surface area (Å²) in [5, 5.41) is 2.78. The van der Waals surface area contributed by atoms with Gasteiger partial charge in [0.05, 0.1) is 12.0 Å². The zero-order valence-electron chi connectivity index (χ0n) is 15.5. The number of benzene rings is 3. The molecule has 1 N–H and O–H groups in total. The molecule has 0 saturated heterocycles. The molecule has 0 aliphatic heterocycles. The van der Waals surface area contributed by atoms with Gasteiger partial charge in [-0.1, -0.05) is 60.2 Å². The number of aryl methyl sites for hydroxylation is 1. The summed E-state index contributed by atoms with van der Waals surface area (Å²) in [4.78, 5) is -0.0666. The van der Waals surface area contributed by atoms with E-state index in [0.717, 1.165) is 11.3 Å². The monoisotopic (exact) mass is 402 g/mol. The van der Waals surface area contributed by atoms with E-state index in [2.05, 4.69) is 49.1 Å². The van der Waals surface area contributed by atoms with Gasteiger partial charge < -0.3 is 4.74 Å². The lowest BCUT2D eigenvalue weighted by Gasteiger charge is -2.13. The molecule has 0 fully saturated rings. The van der Waals surface area contributed by atoms with Gasteiger partial charge in [-0.2, -0.15) is 8.42 Å². The van der Waals surface area contributed by atoms with Crippen LogP contribution in [0.3, 0.4) is 0 Å². The third-order valence-electron chi connectivity index (χ3n) is 3.92. The summed E-state index contributed by atoms with van der Waals surface area (Å²) in [6, 6.07) is 25.0. The van der Waals surface area contributed by atoms with Crippen LogP contribution in [0.25, 0.3) is 0 Å². The summed E-state index contributed by atoms with van der Waals surface area (Å²) in [5.41, 5.74) is 0.956. The number of methoxy groups -OCH3 is 1. The van der Waals surface area contributed by atoms with E-state index in [1.165, 1.54) is 22.7 Å². The first-order valence-electron chi connectivity index (χ1n) is 8.28. The quantitative estimate of drug-likeness (QED) is 0.529. The molecule has 6 heteroatoms. The zero-order chi connectivity index (χ0) is 19.9. The van der Waals surface area contributed by atoms with Gasteiger partial charge in [0.15, 0.2) is 0 Å². The van der Waals surface area contributed by atoms with Gasteiger partial charge in [0.1, 0.15) is 5.75 Å². The Morgan fingerprint density at radius 3 is 1.81 bits per heavy atom. The van der Waals surface area contributed by atoms with Crippen LogP contribution in [-0.2, 0) is 10.1 Å². The van der Waals surface area contributed by atoms with E-state index in [0.29, 0.717) is 0 Å². The predicted octanol–water partition coefficient (Wildman–Crippen LogP) is 4.00. The second-order valence-electron chi connectivity index (χ2n) is 5.88. The van der Waals surface area contributed by atoms with Crippen molar-refractivity contribution < 1.29 is 17.7 Å². The molecule has 0 spiro atoms. The molecule has 0 radical (unpaired) electrons. The molecule has 1 atom stereocenters. The number of ether oxygens (including phenoxy) is 1. The Bertz CT molecular complexity index is 938. The molecular weight excluding hydrogens is 379 g/mol. The minimum atomic E-state index is -4.02. The first kappa shape index (κ1) is 21.1. The fourth-order valence-corrected chi connectivity index (χ4v) is 4.31. The largest absolute Gasteiger partial charge is 0.497 e. The van der Waals surface area contributed by atoms with Crippen molar-refractivity contribution in [2.45, 2.75) is 11.8 Å². The molecule has 4 nitrogen and oxygen atoms in total. The van der Waals surface area contributed by atoms with Crippen molar-refractivity contribution in [2.75, 3.05) is 13.8 Å². The topological polar surface area (TPSA) is 63.6 Å². The van der Waals surface area contributed by atoms with Crippen LogP contribution in [0.4, 0.5) is 0 Å². The maximum Gasteiger partial charge on any atom is 0.294 e. The third-order valence-corrected chi connectivity index (χ3v) is 6.94. The van der Waals surface area contributed by atoms with Gasteiger partial charge in [-0.3, -0.25) is 4.55 Å². The Labute approximate surface area is 162 Å². The van der Waals surface area contributed by atoms with Gasteiger partial charge in [-0.25, -0.2) is 0 Å². The van der Waals surface area contributed by atoms with Crippen molar-refractivity contribution in [1.82, 2.24) is 0 Å². The first-order chi connectivity index (χ1) is 12.8. The fourth-order valence-electron chi connectivity index (χ4n) is 2.32. The summed E-state index contributed by atoms with van der Waals surface area (Å²) in [7, 11) is -2.57. The molecule has 27 heavy (non-hydrogen) atoms. The smallest absolute Gasteiger partial charge is 0.294 e. The molecule has 3 aromatic carbocycles. The van der Waals surface area contributed by atoms with Crippen LogP contribution in [0.15, 0.2) is 83.8 Å². The fraction of sp³-hybridized carbons (Fsp3) is 0.143. The Hall–Kier alpha value is -2.20. The van der Waals surface area contributed by atoms with E-state index in [1.807, 2.05) is 19.1 Å². The van der Waals surface area contributed by atoms with Gasteiger partial charge in [-0.15, -0.1) is 0 Å². The molecule has 0 aliphatic rings. The maximum atomic E-state index is 10.5. The molecule has 0 amide bonds. The van der Waals surface area contributed by atoms with E-state index < -0.39 is 10.1 Å². The van der Waals surface area contributed by atoms with Gasteiger partial charge in [0.2, 0.25) is 0 Å². The SMILES string of the molecule is COc1ccc(P(C)c2ccccc2)cc1.Cc1ccc(S(=O)(=O)O)cc1. The van der Waals surface area contributed by atoms with Crippen molar-refractivity contribution in [3.8, 4) is 5.75 Å². The molecule has 3 aromatic rings. The van der Waals surface area contributed by atoms with Crippen LogP contribution in [0.2, 0.25) is 0 Å². The van der Waals surface area contributed by atoms with E-state index in [9.17, 15) is 8.42 Å². The highest BCUT2D eigenvalue weighted by molar-refractivity contribution is 7.85. The molecule has 0 aliphatic carbocycles. The third kappa shape index (κ3) is 6.47. The first-order valence-corrected chi connectivity index (χ1v) is 11.5. The zero-order valence-corrected chi connectivity index (χ0v) is 17.2. The number of rotatable bonds is 4. The Morgan fingerprint density at radius 2 is 1.33 bits per heavy atom. The predicted molar refractivity (Wildman–Crippen MR) is 113 cm³/mol. The van der Waals surface area contributed by atoms with Crippen LogP contribution < -0.4 is 15.3 Å². The molecular formula is C21H23O4PS. The minimum Gasteiger partial charge on any atom is -0.497 e. The summed E-state index contributed by atoms with van der Waals surface area (Å²) in [6.45, 7) is 4.13. The molecule has 0 heterocycles. The molecule has 0 bridgehead atoms. The lowest BCUT2D eigenvalue weighted by Crippen LogP contribution is -2.09. The Morgan fingerprint density at radius 1 is 0.815 bits per heavy atom. The lowest BCUT2D eigenvalue weighted by molar-refractivity contribution is 0.415. The van der Waals surface area contributed by atoms with Crippen LogP contribution in [0.5, 0.6) is 5.75 Å². The highest BCUT2D eigenvalue weighted by Crippen LogP contribution is 2.28. The van der Waals surface area contributed by atoms with Gasteiger partial charge >= 0.3 is 0 Å². The average molecular weight is 402 g/mol. The van der Waals surface area contributed by atoms with Gasteiger partial charge in [-0.05, 0) is 56.4 Å². The molecule has 1 unspecified atom stereocenters. The van der Waals surface area contributed by atoms with Crippen LogP contribution >= 0.6 is 7.92 Å². The normalized spacial score (nSPS) is 11.9. The average Bonchev–Trinajstić information content (AvgIpc) is 2.68. The standard InChI is InChI=1S/C14H15OP.C7H8O3S/c1-15-12-8-10-14(11-9-12)16(2)13-6-4-3-5-7-13;1-6-2-4-7(5-3-6)11(8,9)10/h3-11H,1-2H3;2-5H,1H3,(H,8,9,10). The summed E-state index contributed by atoms with van der Waals surface area (Å²) >= 11 is 0. The minimum absolute atomic E-state index is 0.0666. The van der Waals surface area contributed by atoms with Crippen molar-refractivity contribution in [1.29, 1.82) is 0 Å². The van der Waals surface area contributed by atoms with E-state index in [4.69, 9.17) is 9.29 Å². The van der Waals surface area contributed by atoms with Crippen molar-refractivity contribution in [3.05, 3.63) is 84.4 Å². The highest BCUT2D eigenvalue weighted by Gasteiger charge is 2.07. The highest BCUT2D eigenvalue weighted by atomic mass is 32.2. The second kappa shape index (κ2) is 9.65. The van der Waals surface area contributed by atoms with Crippen molar-refractivity contribution in [3.63, 3.8) is 0 Å². The summed E-state index contributed by atoms with van der Waals surface area (Å²) in [6.07, 6.45) is 0. The molecule has 3 rings (SSSR count). The van der Waals surface area contributed by atoms with Crippen LogP contribution in [0.1, 0.15) is 5.56 Å². The van der Waals surface area contributed by atoms with Crippen molar-refractivity contribution >= 4 is 28.6 Å². The molecule has 0 aromatic heterocycles. The maximum absolute atomic E-state index is 10.5. The van der Waals surface area contributed by atoms with Crippen LogP contribution in [0, 0.1) is 6.92 Å². The van der Waals surface area contributed by atoms with Crippen LogP contribution in [-0.4, -0.2) is 26.7 Å². The second-order valence-corrected chi connectivity index (χ2v) is 9.45. The van der Waals surface area contributed by atoms with Crippen molar-refractivity contribution in [2.24, 2.45) is 0 Å². The number of hydrogen-bond donors (Lipinski definition) is 1. The lowest BCUT2D eigenvalue weighted by atomic mass is 10.2. The Kier molecular flexibility index (Phi) is 7.55. The molecule has 0 saturated carbocycles. The van der Waals surface area contributed by atoms with E-state index in [1.54, 1.807) is 19.2 Å². The van der Waals surface area contributed by atoms with Gasteiger partial charge in [0, 0.05) is 0 Å². The Balaban J connectivity index is 0.000000208. The summed E-state index contributed by atoms with van der Waals surface area (Å²) < 4.78 is 34.7. The molecule has 142 valence electrons. The number of hydrogen-bond acceptors (Lipinski definition) is 3. The van der Waals surface area contributed by atoms with Gasteiger partial charge in [0.25, 0.3) is 10.1 Å². The van der Waals surface area contributed by atoms with E-state index >= 15 is 0 Å². The van der Waals surface area contributed by atoms with E-state index in [-0.39, 0.29) is 12.8 Å². The summed E-state index contributed by atoms with van der Waals surface area (Å²) in [5.74, 6) is 0.917.